The molecule has 30 heavy (non-hydrogen) atoms. The highest BCUT2D eigenvalue weighted by Gasteiger charge is 2.45. The van der Waals surface area contributed by atoms with E-state index >= 15 is 0 Å². The van der Waals surface area contributed by atoms with Crippen LogP contribution < -0.4 is 11.1 Å². The molecule has 154 valence electrons. The number of hydrogen-bond donors (Lipinski definition) is 0. The number of hydrogen-bond acceptors (Lipinski definition) is 6. The van der Waals surface area contributed by atoms with E-state index in [1.165, 1.54) is 15.5 Å². The fraction of sp³-hybridized carbons (Fsp3) is 0.333. The van der Waals surface area contributed by atoms with E-state index in [0.29, 0.717) is 25.3 Å². The lowest BCUT2D eigenvalue weighted by Gasteiger charge is -2.35. The van der Waals surface area contributed by atoms with Crippen molar-refractivity contribution < 1.29 is 13.9 Å². The predicted molar refractivity (Wildman–Crippen MR) is 105 cm³/mol. The van der Waals surface area contributed by atoms with E-state index in [0.717, 1.165) is 5.56 Å². The fourth-order valence-electron chi connectivity index (χ4n) is 4.09. The van der Waals surface area contributed by atoms with Crippen LogP contribution in [-0.2, 0) is 24.4 Å². The molecule has 0 saturated carbocycles. The predicted octanol–water partition coefficient (Wildman–Crippen LogP) is 0.861. The van der Waals surface area contributed by atoms with Crippen LogP contribution in [-0.4, -0.2) is 43.8 Å². The van der Waals surface area contributed by atoms with E-state index in [4.69, 9.17) is 9.15 Å². The summed E-state index contributed by atoms with van der Waals surface area (Å²) in [4.78, 5) is 39.6. The van der Waals surface area contributed by atoms with Crippen LogP contribution in [0.5, 0.6) is 0 Å². The normalized spacial score (nSPS) is 20.5. The van der Waals surface area contributed by atoms with Crippen LogP contribution in [0.1, 0.15) is 28.4 Å². The molecule has 0 radical (unpaired) electrons. The number of furan rings is 1. The molecule has 1 unspecified atom stereocenters. The van der Waals surface area contributed by atoms with E-state index in [1.807, 2.05) is 30.3 Å². The van der Waals surface area contributed by atoms with Gasteiger partial charge in [0.1, 0.15) is 12.2 Å². The standard InChI is InChI=1S/C21H20N4O5/c26-18(16-7-4-10-29-16)23-9-8-21(13-23)14-24-17(12-30-21)22-25(20(28)19(24)27)11-15-5-2-1-3-6-15/h1-7,10H,8-9,11-14H2. The Morgan fingerprint density at radius 3 is 2.67 bits per heavy atom. The minimum atomic E-state index is -0.710. The lowest BCUT2D eigenvalue weighted by molar-refractivity contribution is -0.0843. The van der Waals surface area contributed by atoms with Crippen molar-refractivity contribution in [2.75, 3.05) is 13.1 Å². The molecule has 4 heterocycles. The van der Waals surface area contributed by atoms with Crippen molar-refractivity contribution in [1.82, 2.24) is 19.2 Å². The Morgan fingerprint density at radius 2 is 1.90 bits per heavy atom. The van der Waals surface area contributed by atoms with Gasteiger partial charge in [-0.1, -0.05) is 30.3 Å². The van der Waals surface area contributed by atoms with Crippen LogP contribution in [0, 0.1) is 0 Å². The highest BCUT2D eigenvalue weighted by atomic mass is 16.5. The number of likely N-dealkylation sites (tertiary alicyclic amines) is 1. The summed E-state index contributed by atoms with van der Waals surface area (Å²) in [6, 6.07) is 12.7. The summed E-state index contributed by atoms with van der Waals surface area (Å²) in [6.45, 7) is 1.33. The average Bonchev–Trinajstić information content (AvgIpc) is 3.44. The quantitative estimate of drug-likeness (QED) is 0.596. The number of aromatic nitrogens is 3. The highest BCUT2D eigenvalue weighted by molar-refractivity contribution is 5.91. The van der Waals surface area contributed by atoms with Gasteiger partial charge in [0.2, 0.25) is 0 Å². The molecular formula is C21H20N4O5. The number of amides is 1. The SMILES string of the molecule is O=C(c1ccco1)N1CCC2(C1)Cn1c(nn(Cc3ccccc3)c(=O)c1=O)CO2. The van der Waals surface area contributed by atoms with Gasteiger partial charge in [-0.05, 0) is 24.1 Å². The van der Waals surface area contributed by atoms with Crippen molar-refractivity contribution in [2.24, 2.45) is 0 Å². The van der Waals surface area contributed by atoms with Gasteiger partial charge >= 0.3 is 11.1 Å². The topological polar surface area (TPSA) is 99.6 Å². The summed E-state index contributed by atoms with van der Waals surface area (Å²) in [5, 5.41) is 4.36. The number of fused-ring (bicyclic) bond motifs is 1. The first-order valence-electron chi connectivity index (χ1n) is 9.76. The summed E-state index contributed by atoms with van der Waals surface area (Å²) < 4.78 is 13.9. The number of rotatable bonds is 3. The average molecular weight is 408 g/mol. The summed E-state index contributed by atoms with van der Waals surface area (Å²) >= 11 is 0. The zero-order valence-electron chi connectivity index (χ0n) is 16.2. The van der Waals surface area contributed by atoms with E-state index < -0.39 is 16.7 Å². The Bertz CT molecular complexity index is 1200. The third kappa shape index (κ3) is 3.17. The Kier molecular flexibility index (Phi) is 4.39. The first-order chi connectivity index (χ1) is 14.5. The van der Waals surface area contributed by atoms with Gasteiger partial charge < -0.3 is 14.1 Å². The van der Waals surface area contributed by atoms with Crippen LogP contribution in [0.3, 0.4) is 0 Å². The number of benzene rings is 1. The lowest BCUT2D eigenvalue weighted by Crippen LogP contribution is -2.53. The lowest BCUT2D eigenvalue weighted by atomic mass is 10.0. The van der Waals surface area contributed by atoms with Crippen LogP contribution in [0.25, 0.3) is 0 Å². The Labute approximate surface area is 171 Å². The van der Waals surface area contributed by atoms with Crippen molar-refractivity contribution in [3.05, 3.63) is 86.6 Å². The zero-order valence-corrected chi connectivity index (χ0v) is 16.2. The minimum Gasteiger partial charge on any atom is -0.459 e. The maximum Gasteiger partial charge on any atom is 0.332 e. The van der Waals surface area contributed by atoms with Gasteiger partial charge in [0, 0.05) is 6.54 Å². The molecule has 0 bridgehead atoms. The summed E-state index contributed by atoms with van der Waals surface area (Å²) in [5.41, 5.74) is -1.11. The van der Waals surface area contributed by atoms with Gasteiger partial charge in [0.05, 0.1) is 25.9 Å². The van der Waals surface area contributed by atoms with Crippen LogP contribution >= 0.6 is 0 Å². The fourth-order valence-corrected chi connectivity index (χ4v) is 4.09. The first-order valence-corrected chi connectivity index (χ1v) is 9.76. The van der Waals surface area contributed by atoms with Crippen molar-refractivity contribution in [3.8, 4) is 0 Å². The molecule has 1 atom stereocenters. The van der Waals surface area contributed by atoms with Crippen molar-refractivity contribution in [3.63, 3.8) is 0 Å². The van der Waals surface area contributed by atoms with E-state index in [1.54, 1.807) is 17.0 Å². The second-order valence-corrected chi connectivity index (χ2v) is 7.68. The van der Waals surface area contributed by atoms with Crippen LogP contribution in [0.2, 0.25) is 0 Å². The third-order valence-electron chi connectivity index (χ3n) is 5.67. The second kappa shape index (κ2) is 7.10. The number of ether oxygens (including phenoxy) is 1. The molecule has 1 spiro atoms. The van der Waals surface area contributed by atoms with Crippen LogP contribution in [0.15, 0.2) is 62.7 Å². The maximum absolute atomic E-state index is 12.8. The molecule has 1 fully saturated rings. The molecule has 1 aromatic carbocycles. The summed E-state index contributed by atoms with van der Waals surface area (Å²) in [6.07, 6.45) is 2.02. The molecule has 9 heteroatoms. The zero-order chi connectivity index (χ0) is 20.7. The molecule has 0 aliphatic carbocycles. The molecule has 9 nitrogen and oxygen atoms in total. The second-order valence-electron chi connectivity index (χ2n) is 7.68. The molecule has 1 saturated heterocycles. The van der Waals surface area contributed by atoms with E-state index in [9.17, 15) is 14.4 Å². The molecule has 5 rings (SSSR count). The van der Waals surface area contributed by atoms with Gasteiger partial charge in [-0.25, -0.2) is 4.68 Å². The minimum absolute atomic E-state index is 0.104. The molecule has 0 N–H and O–H groups in total. The molecule has 3 aromatic rings. The Balaban J connectivity index is 1.40. The number of carbonyl (C=O) groups excluding carboxylic acids is 1. The van der Waals surface area contributed by atoms with E-state index in [2.05, 4.69) is 5.10 Å². The maximum atomic E-state index is 12.8. The smallest absolute Gasteiger partial charge is 0.332 e. The van der Waals surface area contributed by atoms with Gasteiger partial charge in [-0.2, -0.15) is 5.10 Å². The number of carbonyl (C=O) groups is 1. The Morgan fingerprint density at radius 1 is 1.07 bits per heavy atom. The van der Waals surface area contributed by atoms with E-state index in [-0.39, 0.29) is 31.4 Å². The molecule has 2 aromatic heterocycles. The van der Waals surface area contributed by atoms with Gasteiger partial charge in [-0.15, -0.1) is 0 Å². The van der Waals surface area contributed by atoms with Crippen molar-refractivity contribution >= 4 is 5.91 Å². The molecule has 2 aliphatic heterocycles. The third-order valence-corrected chi connectivity index (χ3v) is 5.67. The monoisotopic (exact) mass is 408 g/mol. The largest absolute Gasteiger partial charge is 0.459 e. The van der Waals surface area contributed by atoms with Gasteiger partial charge in [0.25, 0.3) is 5.91 Å². The molecular weight excluding hydrogens is 388 g/mol. The van der Waals surface area contributed by atoms with Crippen molar-refractivity contribution in [2.45, 2.75) is 31.7 Å². The van der Waals surface area contributed by atoms with Gasteiger partial charge in [0.15, 0.2) is 11.6 Å². The molecule has 1 amide bonds. The molecule has 2 aliphatic rings. The number of nitrogens with zero attached hydrogens (tertiary/aromatic N) is 4. The van der Waals surface area contributed by atoms with Crippen molar-refractivity contribution in [1.29, 1.82) is 0 Å². The first kappa shape index (κ1) is 18.6. The Hall–Kier alpha value is -3.46. The summed E-state index contributed by atoms with van der Waals surface area (Å²) in [5.74, 6) is 0.470. The highest BCUT2D eigenvalue weighted by Crippen LogP contribution is 2.31. The summed E-state index contributed by atoms with van der Waals surface area (Å²) in [7, 11) is 0. The van der Waals surface area contributed by atoms with Gasteiger partial charge in [-0.3, -0.25) is 19.0 Å². The van der Waals surface area contributed by atoms with Crippen LogP contribution in [0.4, 0.5) is 0 Å².